The maximum atomic E-state index is 12.9. The minimum atomic E-state index is -3.78. The number of piperazine rings is 1. The van der Waals surface area contributed by atoms with Crippen LogP contribution in [-0.4, -0.2) is 52.2 Å². The lowest BCUT2D eigenvalue weighted by atomic mass is 9.98. The average Bonchev–Trinajstić information content (AvgIpc) is 3.20. The molecule has 0 atom stereocenters. The molecule has 0 bridgehead atoms. The number of carbonyl (C=O) groups excluding carboxylic acids is 1. The Morgan fingerprint density at radius 2 is 1.62 bits per heavy atom. The summed E-state index contributed by atoms with van der Waals surface area (Å²) in [5.74, 6) is -0.381. The number of hydrogen-bond donors (Lipinski definition) is 0. The molecule has 1 aliphatic carbocycles. The molecule has 5 rings (SSSR count). The molecule has 0 radical (unpaired) electrons. The van der Waals surface area contributed by atoms with Gasteiger partial charge in [0.25, 0.3) is 0 Å². The van der Waals surface area contributed by atoms with Crippen LogP contribution in [0.4, 0.5) is 16.2 Å². The number of nitrogens with zero attached hydrogens (tertiary/aromatic N) is 5. The van der Waals surface area contributed by atoms with Crippen molar-refractivity contribution in [3.8, 4) is 11.1 Å². The molecule has 0 spiro atoms. The van der Waals surface area contributed by atoms with Crippen molar-refractivity contribution in [1.29, 1.82) is 0 Å². The Bertz CT molecular complexity index is 1450. The number of fused-ring (bicyclic) bond motifs is 3. The molecular formula is C26H24ClN5O4S. The summed E-state index contributed by atoms with van der Waals surface area (Å²) in [6, 6.07) is 21.3. The van der Waals surface area contributed by atoms with Gasteiger partial charge in [-0.1, -0.05) is 53.6 Å². The summed E-state index contributed by atoms with van der Waals surface area (Å²) in [5.41, 5.74) is 14.9. The first kappa shape index (κ1) is 25.0. The Labute approximate surface area is 219 Å². The molecule has 190 valence electrons. The Kier molecular flexibility index (Phi) is 6.97. The Morgan fingerprint density at radius 3 is 2.22 bits per heavy atom. The molecule has 0 aromatic heterocycles. The maximum Gasteiger partial charge on any atom is 0.409 e. The number of anilines is 1. The molecular weight excluding hydrogens is 514 g/mol. The predicted octanol–water partition coefficient (Wildman–Crippen LogP) is 5.77. The van der Waals surface area contributed by atoms with Crippen LogP contribution in [0.2, 0.25) is 0 Å². The number of ether oxygens (including phenoxy) is 1. The summed E-state index contributed by atoms with van der Waals surface area (Å²) in [4.78, 5) is 19.4. The van der Waals surface area contributed by atoms with Gasteiger partial charge in [-0.05, 0) is 51.5 Å². The lowest BCUT2D eigenvalue weighted by Crippen LogP contribution is -2.49. The first-order valence-corrected chi connectivity index (χ1v) is 14.3. The van der Waals surface area contributed by atoms with E-state index in [-0.39, 0.29) is 24.4 Å². The molecule has 3 aromatic carbocycles. The molecule has 37 heavy (non-hydrogen) atoms. The fourth-order valence-electron chi connectivity index (χ4n) is 5.06. The van der Waals surface area contributed by atoms with E-state index in [0.717, 1.165) is 11.1 Å². The summed E-state index contributed by atoms with van der Waals surface area (Å²) in [6.45, 7) is 2.16. The lowest BCUT2D eigenvalue weighted by molar-refractivity contribution is 0.0977. The molecule has 1 saturated heterocycles. The van der Waals surface area contributed by atoms with Crippen molar-refractivity contribution in [2.24, 2.45) is 5.11 Å². The van der Waals surface area contributed by atoms with Crippen molar-refractivity contribution in [1.82, 2.24) is 4.90 Å². The number of carbonyl (C=O) groups is 1. The van der Waals surface area contributed by atoms with E-state index in [1.807, 2.05) is 29.2 Å². The third-order valence-electron chi connectivity index (χ3n) is 6.70. The van der Waals surface area contributed by atoms with Gasteiger partial charge in [-0.3, -0.25) is 0 Å². The zero-order chi connectivity index (χ0) is 26.0. The minimum Gasteiger partial charge on any atom is -0.448 e. The Hall–Kier alpha value is -3.72. The molecule has 0 saturated carbocycles. The van der Waals surface area contributed by atoms with Crippen LogP contribution in [0.3, 0.4) is 0 Å². The number of benzene rings is 3. The highest BCUT2D eigenvalue weighted by atomic mass is 35.7. The van der Waals surface area contributed by atoms with Crippen molar-refractivity contribution in [2.45, 2.75) is 11.7 Å². The maximum absolute atomic E-state index is 12.9. The van der Waals surface area contributed by atoms with Crippen molar-refractivity contribution in [3.05, 3.63) is 93.9 Å². The van der Waals surface area contributed by atoms with E-state index < -0.39 is 9.05 Å². The first-order valence-electron chi connectivity index (χ1n) is 11.8. The molecule has 1 aliphatic heterocycles. The molecule has 0 N–H and O–H groups in total. The second-order valence-electron chi connectivity index (χ2n) is 9.01. The summed E-state index contributed by atoms with van der Waals surface area (Å²) < 4.78 is 28.9. The molecule has 1 fully saturated rings. The molecule has 3 aromatic rings. The number of halogens is 1. The van der Waals surface area contributed by atoms with Gasteiger partial charge >= 0.3 is 6.09 Å². The van der Waals surface area contributed by atoms with Crippen LogP contribution < -0.4 is 4.90 Å². The van der Waals surface area contributed by atoms with Gasteiger partial charge < -0.3 is 14.5 Å². The molecule has 1 heterocycles. The van der Waals surface area contributed by atoms with Gasteiger partial charge in [-0.2, -0.15) is 0 Å². The molecule has 9 nitrogen and oxygen atoms in total. The molecule has 11 heteroatoms. The highest BCUT2D eigenvalue weighted by Gasteiger charge is 2.30. The van der Waals surface area contributed by atoms with Crippen LogP contribution in [0.1, 0.15) is 22.6 Å². The van der Waals surface area contributed by atoms with Crippen LogP contribution in [0.15, 0.2) is 71.8 Å². The van der Waals surface area contributed by atoms with Gasteiger partial charge in [-0.15, -0.1) is 0 Å². The average molecular weight is 538 g/mol. The zero-order valence-corrected chi connectivity index (χ0v) is 21.4. The second kappa shape index (κ2) is 10.3. The van der Waals surface area contributed by atoms with Crippen molar-refractivity contribution in [2.75, 3.05) is 37.7 Å². The van der Waals surface area contributed by atoms with E-state index >= 15 is 0 Å². The summed E-state index contributed by atoms with van der Waals surface area (Å²) in [6.07, 6.45) is -0.363. The van der Waals surface area contributed by atoms with Crippen molar-refractivity contribution < 1.29 is 17.9 Å². The largest absolute Gasteiger partial charge is 0.448 e. The monoisotopic (exact) mass is 537 g/mol. The number of amides is 1. The van der Waals surface area contributed by atoms with Crippen LogP contribution in [0.25, 0.3) is 21.6 Å². The minimum absolute atomic E-state index is 0.00213. The number of hydrogen-bond acceptors (Lipinski definition) is 6. The highest BCUT2D eigenvalue weighted by molar-refractivity contribution is 8.13. The summed E-state index contributed by atoms with van der Waals surface area (Å²) in [7, 11) is 1.64. The normalized spacial score (nSPS) is 15.1. The highest BCUT2D eigenvalue weighted by Crippen LogP contribution is 2.44. The quantitative estimate of drug-likeness (QED) is 0.171. The fourth-order valence-corrected chi connectivity index (χ4v) is 6.01. The van der Waals surface area contributed by atoms with Gasteiger partial charge in [0.15, 0.2) is 0 Å². The molecule has 2 aliphatic rings. The van der Waals surface area contributed by atoms with Gasteiger partial charge in [0.1, 0.15) is 6.61 Å². The van der Waals surface area contributed by atoms with E-state index in [0.29, 0.717) is 43.1 Å². The zero-order valence-electron chi connectivity index (χ0n) is 19.8. The van der Waals surface area contributed by atoms with Crippen molar-refractivity contribution >= 4 is 37.2 Å². The van der Waals surface area contributed by atoms with Crippen LogP contribution in [-0.2, 0) is 19.5 Å². The van der Waals surface area contributed by atoms with Gasteiger partial charge in [-0.25, -0.2) is 13.2 Å². The fraction of sp³-hybridized carbons (Fsp3) is 0.269. The first-order chi connectivity index (χ1) is 17.8. The van der Waals surface area contributed by atoms with Crippen LogP contribution >= 0.6 is 10.7 Å². The lowest BCUT2D eigenvalue weighted by Gasteiger charge is -2.36. The van der Waals surface area contributed by atoms with Gasteiger partial charge in [0, 0.05) is 59.1 Å². The third-order valence-corrected chi connectivity index (χ3v) is 7.71. The van der Waals surface area contributed by atoms with Crippen LogP contribution in [0.5, 0.6) is 0 Å². The molecule has 0 unspecified atom stereocenters. The standard InChI is InChI=1S/C26H24ClN5O4S/c27-37(34,35)17-18-13-19(29-30-28)15-20(14-18)31-9-11-32(12-10-31)26(33)36-16-25-23-7-3-1-5-21(23)22-6-2-4-8-24(22)25/h1-8,13-15,25H,9-12,16-17H2. The van der Waals surface area contributed by atoms with E-state index in [1.165, 1.54) is 17.2 Å². The third kappa shape index (κ3) is 5.51. The van der Waals surface area contributed by atoms with Crippen molar-refractivity contribution in [3.63, 3.8) is 0 Å². The number of azide groups is 1. The van der Waals surface area contributed by atoms with Gasteiger partial charge in [0.05, 0.1) is 5.75 Å². The van der Waals surface area contributed by atoms with E-state index in [4.69, 9.17) is 21.0 Å². The van der Waals surface area contributed by atoms with E-state index in [9.17, 15) is 13.2 Å². The van der Waals surface area contributed by atoms with Crippen LogP contribution in [0, 0.1) is 0 Å². The summed E-state index contributed by atoms with van der Waals surface area (Å²) in [5, 5.41) is 3.62. The molecule has 1 amide bonds. The van der Waals surface area contributed by atoms with E-state index in [1.54, 1.807) is 17.0 Å². The SMILES string of the molecule is [N-]=[N+]=Nc1cc(CS(=O)(=O)Cl)cc(N2CCN(C(=O)OCC3c4ccccc4-c4ccccc43)CC2)c1. The van der Waals surface area contributed by atoms with Gasteiger partial charge in [0.2, 0.25) is 9.05 Å². The number of rotatable bonds is 6. The smallest absolute Gasteiger partial charge is 0.409 e. The topological polar surface area (TPSA) is 116 Å². The predicted molar refractivity (Wildman–Crippen MR) is 143 cm³/mol. The second-order valence-corrected chi connectivity index (χ2v) is 11.8. The summed E-state index contributed by atoms with van der Waals surface area (Å²) >= 11 is 0. The Balaban J connectivity index is 1.23. The Morgan fingerprint density at radius 1 is 1.00 bits per heavy atom. The van der Waals surface area contributed by atoms with E-state index in [2.05, 4.69) is 34.3 Å².